The second-order valence-electron chi connectivity index (χ2n) is 4.93. The molecule has 0 bridgehead atoms. The number of rotatable bonds is 2. The molecule has 102 valence electrons. The van der Waals surface area contributed by atoms with Crippen molar-refractivity contribution >= 4 is 37.3 Å². The molecule has 2 heterocycles. The van der Waals surface area contributed by atoms with Crippen molar-refractivity contribution in [2.45, 2.75) is 57.0 Å². The van der Waals surface area contributed by atoms with Crippen LogP contribution in [0.4, 0.5) is 0 Å². The Balaban J connectivity index is 2.44. The molecule has 1 aromatic rings. The van der Waals surface area contributed by atoms with Crippen molar-refractivity contribution in [2.24, 2.45) is 0 Å². The summed E-state index contributed by atoms with van der Waals surface area (Å²) in [5.41, 5.74) is 0. The maximum absolute atomic E-state index is 12.8. The number of hydrogen-bond donors (Lipinski definition) is 0. The Hall–Kier alpha value is 0.0900. The highest BCUT2D eigenvalue weighted by atomic mass is 79.9. The molecule has 3 nitrogen and oxygen atoms in total. The lowest BCUT2D eigenvalue weighted by Gasteiger charge is -2.37. The first-order valence-electron chi connectivity index (χ1n) is 6.13. The van der Waals surface area contributed by atoms with Crippen molar-refractivity contribution in [1.29, 1.82) is 0 Å². The van der Waals surface area contributed by atoms with Crippen molar-refractivity contribution in [2.75, 3.05) is 0 Å². The van der Waals surface area contributed by atoms with E-state index >= 15 is 0 Å². The van der Waals surface area contributed by atoms with Gasteiger partial charge in [0.15, 0.2) is 0 Å². The predicted molar refractivity (Wildman–Crippen MR) is 78.6 cm³/mol. The number of nitrogens with zero attached hydrogens (tertiary/aromatic N) is 1. The highest BCUT2D eigenvalue weighted by Crippen LogP contribution is 2.35. The maximum atomic E-state index is 12.8. The van der Waals surface area contributed by atoms with Gasteiger partial charge in [-0.3, -0.25) is 0 Å². The van der Waals surface area contributed by atoms with Crippen LogP contribution in [0, 0.1) is 6.92 Å². The van der Waals surface area contributed by atoms with Crippen LogP contribution in [-0.4, -0.2) is 24.8 Å². The van der Waals surface area contributed by atoms with Crippen LogP contribution in [0.3, 0.4) is 0 Å². The summed E-state index contributed by atoms with van der Waals surface area (Å²) in [6.45, 7) is 5.87. The van der Waals surface area contributed by atoms with Crippen LogP contribution in [0.5, 0.6) is 0 Å². The van der Waals surface area contributed by atoms with Crippen molar-refractivity contribution in [3.63, 3.8) is 0 Å². The van der Waals surface area contributed by atoms with Gasteiger partial charge in [0, 0.05) is 17.0 Å². The van der Waals surface area contributed by atoms with Gasteiger partial charge in [-0.1, -0.05) is 6.42 Å². The van der Waals surface area contributed by atoms with Crippen molar-refractivity contribution in [3.8, 4) is 0 Å². The molecule has 1 aliphatic heterocycles. The molecule has 2 unspecified atom stereocenters. The number of piperidine rings is 1. The summed E-state index contributed by atoms with van der Waals surface area (Å²) in [7, 11) is -3.36. The molecular weight excluding hydrogens is 334 g/mol. The first kappa shape index (κ1) is 14.5. The van der Waals surface area contributed by atoms with E-state index in [9.17, 15) is 8.42 Å². The topological polar surface area (TPSA) is 37.4 Å². The van der Waals surface area contributed by atoms with Crippen LogP contribution >= 0.6 is 27.3 Å². The molecule has 0 radical (unpaired) electrons. The molecule has 2 atom stereocenters. The minimum atomic E-state index is -3.36. The van der Waals surface area contributed by atoms with Crippen LogP contribution in [0.1, 0.15) is 38.0 Å². The summed E-state index contributed by atoms with van der Waals surface area (Å²) in [6.07, 6.45) is 3.02. The molecule has 0 aromatic carbocycles. The summed E-state index contributed by atoms with van der Waals surface area (Å²) >= 11 is 4.84. The molecule has 2 rings (SSSR count). The number of thiophene rings is 1. The Labute approximate surface area is 121 Å². The largest absolute Gasteiger partial charge is 0.244 e. The second kappa shape index (κ2) is 5.23. The summed E-state index contributed by atoms with van der Waals surface area (Å²) in [6, 6.07) is 1.91. The molecule has 1 aromatic heterocycles. The second-order valence-corrected chi connectivity index (χ2v) is 9.38. The minimum absolute atomic E-state index is 0.0943. The van der Waals surface area contributed by atoms with E-state index in [0.29, 0.717) is 4.90 Å². The molecule has 0 amide bonds. The highest BCUT2D eigenvalue weighted by Gasteiger charge is 2.36. The third kappa shape index (κ3) is 2.53. The van der Waals surface area contributed by atoms with Crippen LogP contribution in [0.2, 0.25) is 0 Å². The monoisotopic (exact) mass is 351 g/mol. The third-order valence-electron chi connectivity index (χ3n) is 3.51. The Kier molecular flexibility index (Phi) is 4.21. The van der Waals surface area contributed by atoms with Crippen LogP contribution < -0.4 is 0 Å². The van der Waals surface area contributed by atoms with E-state index in [4.69, 9.17) is 0 Å². The van der Waals surface area contributed by atoms with Crippen molar-refractivity contribution in [3.05, 3.63) is 14.7 Å². The van der Waals surface area contributed by atoms with Crippen molar-refractivity contribution in [1.82, 2.24) is 4.31 Å². The maximum Gasteiger partial charge on any atom is 0.244 e. The molecule has 0 aliphatic carbocycles. The Bertz CT molecular complexity index is 528. The molecule has 1 saturated heterocycles. The van der Waals surface area contributed by atoms with Crippen LogP contribution in [0.25, 0.3) is 0 Å². The van der Waals surface area contributed by atoms with E-state index in [1.165, 1.54) is 11.3 Å². The van der Waals surface area contributed by atoms with Crippen LogP contribution in [0.15, 0.2) is 14.7 Å². The summed E-state index contributed by atoms with van der Waals surface area (Å²) in [5.74, 6) is 0. The minimum Gasteiger partial charge on any atom is -0.207 e. The molecule has 18 heavy (non-hydrogen) atoms. The molecule has 0 spiro atoms. The van der Waals surface area contributed by atoms with Gasteiger partial charge < -0.3 is 0 Å². The Morgan fingerprint density at radius 1 is 1.33 bits per heavy atom. The van der Waals surface area contributed by atoms with Gasteiger partial charge in [-0.15, -0.1) is 11.3 Å². The lowest BCUT2D eigenvalue weighted by atomic mass is 10.0. The third-order valence-corrected chi connectivity index (χ3v) is 7.45. The quantitative estimate of drug-likeness (QED) is 0.813. The van der Waals surface area contributed by atoms with Gasteiger partial charge in [-0.25, -0.2) is 8.42 Å². The zero-order chi connectivity index (χ0) is 13.5. The van der Waals surface area contributed by atoms with Crippen LogP contribution in [-0.2, 0) is 10.0 Å². The lowest BCUT2D eigenvalue weighted by molar-refractivity contribution is 0.204. The molecule has 1 aliphatic rings. The summed E-state index contributed by atoms with van der Waals surface area (Å²) in [4.78, 5) is 1.31. The van der Waals surface area contributed by atoms with Gasteiger partial charge >= 0.3 is 0 Å². The zero-order valence-corrected chi connectivity index (χ0v) is 14.0. The van der Waals surface area contributed by atoms with Gasteiger partial charge in [-0.05, 0) is 55.6 Å². The van der Waals surface area contributed by atoms with Gasteiger partial charge in [0.1, 0.15) is 0 Å². The number of hydrogen-bond acceptors (Lipinski definition) is 3. The first-order valence-corrected chi connectivity index (χ1v) is 9.18. The van der Waals surface area contributed by atoms with Gasteiger partial charge in [0.25, 0.3) is 0 Å². The van der Waals surface area contributed by atoms with E-state index in [2.05, 4.69) is 15.9 Å². The fraction of sp³-hybridized carbons (Fsp3) is 0.667. The van der Waals surface area contributed by atoms with Crippen molar-refractivity contribution < 1.29 is 8.42 Å². The Morgan fingerprint density at radius 3 is 2.33 bits per heavy atom. The highest BCUT2D eigenvalue weighted by molar-refractivity contribution is 9.11. The standard InChI is InChI=1S/C12H18BrNO2S2/c1-8-5-4-6-9(2)14(8)18(15,16)11-7-12(13)17-10(11)3/h7-9H,4-6H2,1-3H3. The van der Waals surface area contributed by atoms with E-state index < -0.39 is 10.0 Å². The average Bonchev–Trinajstić information content (AvgIpc) is 2.57. The normalized spacial score (nSPS) is 26.4. The summed E-state index contributed by atoms with van der Waals surface area (Å²) < 4.78 is 28.1. The smallest absolute Gasteiger partial charge is 0.207 e. The fourth-order valence-corrected chi connectivity index (χ4v) is 6.94. The predicted octanol–water partition coefficient (Wildman–Crippen LogP) is 3.77. The SMILES string of the molecule is Cc1sc(Br)cc1S(=O)(=O)N1C(C)CCCC1C. The van der Waals surface area contributed by atoms with E-state index in [1.807, 2.05) is 20.8 Å². The van der Waals surface area contributed by atoms with E-state index in [1.54, 1.807) is 10.4 Å². The number of halogens is 1. The van der Waals surface area contributed by atoms with Gasteiger partial charge in [-0.2, -0.15) is 4.31 Å². The van der Waals surface area contributed by atoms with Gasteiger partial charge in [0.05, 0.1) is 8.68 Å². The molecule has 6 heteroatoms. The number of aryl methyl sites for hydroxylation is 1. The lowest BCUT2D eigenvalue weighted by Crippen LogP contribution is -2.47. The summed E-state index contributed by atoms with van der Waals surface area (Å²) in [5, 5.41) is 0. The fourth-order valence-electron chi connectivity index (χ4n) is 2.67. The molecular formula is C12H18BrNO2S2. The number of sulfonamides is 1. The average molecular weight is 352 g/mol. The Morgan fingerprint density at radius 2 is 1.89 bits per heavy atom. The molecule has 1 fully saturated rings. The first-order chi connectivity index (χ1) is 8.34. The zero-order valence-electron chi connectivity index (χ0n) is 10.8. The van der Waals surface area contributed by atoms with Gasteiger partial charge in [0.2, 0.25) is 10.0 Å². The van der Waals surface area contributed by atoms with E-state index in [0.717, 1.165) is 27.9 Å². The molecule has 0 saturated carbocycles. The van der Waals surface area contributed by atoms with E-state index in [-0.39, 0.29) is 12.1 Å². The molecule has 0 N–H and O–H groups in total.